The number of halogens is 1. The van der Waals surface area contributed by atoms with Crippen LogP contribution in [0.5, 0.6) is 0 Å². The molecule has 0 unspecified atom stereocenters. The van der Waals surface area contributed by atoms with Crippen molar-refractivity contribution in [2.24, 2.45) is 0 Å². The van der Waals surface area contributed by atoms with Gasteiger partial charge < -0.3 is 5.32 Å². The zero-order valence-corrected chi connectivity index (χ0v) is 21.6. The van der Waals surface area contributed by atoms with E-state index in [4.69, 9.17) is 11.6 Å². The zero-order chi connectivity index (χ0) is 25.6. The van der Waals surface area contributed by atoms with Crippen molar-refractivity contribution in [3.8, 4) is 0 Å². The highest BCUT2D eigenvalue weighted by atomic mass is 35.5. The molecule has 35 heavy (non-hydrogen) atoms. The number of benzene rings is 3. The van der Waals surface area contributed by atoms with E-state index in [2.05, 4.69) is 10.0 Å². The fourth-order valence-corrected chi connectivity index (χ4v) is 5.59. The van der Waals surface area contributed by atoms with E-state index in [1.807, 2.05) is 0 Å². The minimum absolute atomic E-state index is 0.0292. The lowest BCUT2D eigenvalue weighted by Gasteiger charge is -2.22. The van der Waals surface area contributed by atoms with Gasteiger partial charge in [-0.15, -0.1) is 0 Å². The third-order valence-electron chi connectivity index (χ3n) is 5.17. The van der Waals surface area contributed by atoms with E-state index in [1.54, 1.807) is 55.5 Å². The summed E-state index contributed by atoms with van der Waals surface area (Å²) in [6, 6.07) is 19.4. The highest BCUT2D eigenvalue weighted by Gasteiger charge is 2.18. The average Bonchev–Trinajstić information content (AvgIpc) is 2.80. The predicted octanol–water partition coefficient (Wildman–Crippen LogP) is 4.63. The second-order valence-electron chi connectivity index (χ2n) is 7.86. The van der Waals surface area contributed by atoms with Gasteiger partial charge in [0, 0.05) is 23.7 Å². The number of carbonyl (C=O) groups is 1. The molecule has 0 radical (unpaired) electrons. The van der Waals surface area contributed by atoms with Crippen LogP contribution in [0, 0.1) is 6.92 Å². The number of amides is 1. The van der Waals surface area contributed by atoms with Gasteiger partial charge in [-0.25, -0.2) is 16.8 Å². The molecule has 0 heterocycles. The van der Waals surface area contributed by atoms with Gasteiger partial charge in [-0.05, 0) is 67.4 Å². The molecule has 0 fully saturated rings. The van der Waals surface area contributed by atoms with Crippen molar-refractivity contribution >= 4 is 54.6 Å². The standard InChI is InChI=1S/C24H26ClN3O5S2/c1-18-22(25)10-6-11-23(18)27-35(32,33)21-15-13-19(14-16-21)26-24(29)12-7-17-28(34(2,30)31)20-8-4-3-5-9-20/h3-6,8-11,13-16,27H,7,12,17H2,1-2H3,(H,26,29). The first kappa shape index (κ1) is 26.5. The first-order valence-corrected chi connectivity index (χ1v) is 14.4. The number of nitrogens with zero attached hydrogens (tertiary/aromatic N) is 1. The summed E-state index contributed by atoms with van der Waals surface area (Å²) in [5.41, 5.74) is 1.96. The number of para-hydroxylation sites is 1. The van der Waals surface area contributed by atoms with E-state index in [0.717, 1.165) is 6.26 Å². The first-order chi connectivity index (χ1) is 16.5. The molecule has 3 aromatic carbocycles. The Hall–Kier alpha value is -3.08. The molecule has 0 spiro atoms. The Morgan fingerprint density at radius 2 is 1.57 bits per heavy atom. The van der Waals surface area contributed by atoms with Crippen molar-refractivity contribution in [2.75, 3.05) is 27.1 Å². The third-order valence-corrected chi connectivity index (χ3v) is 8.15. The summed E-state index contributed by atoms with van der Waals surface area (Å²) < 4.78 is 53.4. The smallest absolute Gasteiger partial charge is 0.261 e. The van der Waals surface area contributed by atoms with Crippen LogP contribution in [0.1, 0.15) is 18.4 Å². The quantitative estimate of drug-likeness (QED) is 0.393. The molecule has 0 aliphatic heterocycles. The predicted molar refractivity (Wildman–Crippen MR) is 140 cm³/mol. The van der Waals surface area contributed by atoms with Crippen molar-refractivity contribution in [2.45, 2.75) is 24.7 Å². The topological polar surface area (TPSA) is 113 Å². The number of rotatable bonds is 10. The Labute approximate surface area is 211 Å². The van der Waals surface area contributed by atoms with E-state index >= 15 is 0 Å². The Kier molecular flexibility index (Phi) is 8.42. The Morgan fingerprint density at radius 3 is 2.20 bits per heavy atom. The normalized spacial score (nSPS) is 11.6. The van der Waals surface area contributed by atoms with Crippen LogP contribution in [-0.2, 0) is 24.8 Å². The highest BCUT2D eigenvalue weighted by molar-refractivity contribution is 7.92. The molecule has 8 nitrogen and oxygen atoms in total. The summed E-state index contributed by atoms with van der Waals surface area (Å²) >= 11 is 6.06. The van der Waals surface area contributed by atoms with Gasteiger partial charge in [-0.3, -0.25) is 13.8 Å². The van der Waals surface area contributed by atoms with E-state index in [9.17, 15) is 21.6 Å². The molecule has 186 valence electrons. The molecular formula is C24H26ClN3O5S2. The van der Waals surface area contributed by atoms with Crippen LogP contribution in [0.4, 0.5) is 17.1 Å². The molecule has 0 saturated carbocycles. The van der Waals surface area contributed by atoms with E-state index in [-0.39, 0.29) is 23.8 Å². The van der Waals surface area contributed by atoms with Crippen molar-refractivity contribution in [3.05, 3.63) is 83.4 Å². The lowest BCUT2D eigenvalue weighted by Crippen LogP contribution is -2.31. The number of hydrogen-bond acceptors (Lipinski definition) is 5. The molecule has 0 aliphatic carbocycles. The van der Waals surface area contributed by atoms with Crippen molar-refractivity contribution in [3.63, 3.8) is 0 Å². The molecule has 2 N–H and O–H groups in total. The van der Waals surface area contributed by atoms with E-state index in [0.29, 0.717) is 34.1 Å². The number of carbonyl (C=O) groups excluding carboxylic acids is 1. The van der Waals surface area contributed by atoms with Crippen molar-refractivity contribution in [1.82, 2.24) is 0 Å². The van der Waals surface area contributed by atoms with Crippen LogP contribution < -0.4 is 14.3 Å². The van der Waals surface area contributed by atoms with E-state index in [1.165, 1.54) is 28.6 Å². The summed E-state index contributed by atoms with van der Waals surface area (Å²) in [5, 5.41) is 3.15. The van der Waals surface area contributed by atoms with Gasteiger partial charge in [0.25, 0.3) is 10.0 Å². The number of sulfonamides is 2. The van der Waals surface area contributed by atoms with E-state index < -0.39 is 20.0 Å². The Bertz CT molecular complexity index is 1390. The molecular weight excluding hydrogens is 510 g/mol. The Morgan fingerprint density at radius 1 is 0.914 bits per heavy atom. The SMILES string of the molecule is Cc1c(Cl)cccc1NS(=O)(=O)c1ccc(NC(=O)CCCN(c2ccccc2)S(C)(=O)=O)cc1. The van der Waals surface area contributed by atoms with Gasteiger partial charge >= 0.3 is 0 Å². The largest absolute Gasteiger partial charge is 0.326 e. The lowest BCUT2D eigenvalue weighted by atomic mass is 10.2. The molecule has 3 rings (SSSR count). The van der Waals surface area contributed by atoms with Gasteiger partial charge in [0.05, 0.1) is 22.5 Å². The second kappa shape index (κ2) is 11.1. The molecule has 11 heteroatoms. The molecule has 0 bridgehead atoms. The maximum absolute atomic E-state index is 12.7. The summed E-state index contributed by atoms with van der Waals surface area (Å²) in [4.78, 5) is 12.4. The first-order valence-electron chi connectivity index (χ1n) is 10.7. The minimum atomic E-state index is -3.85. The van der Waals surface area contributed by atoms with Gasteiger partial charge in [-0.2, -0.15) is 0 Å². The second-order valence-corrected chi connectivity index (χ2v) is 11.9. The minimum Gasteiger partial charge on any atom is -0.326 e. The number of hydrogen-bond donors (Lipinski definition) is 2. The fourth-order valence-electron chi connectivity index (χ4n) is 3.33. The van der Waals surface area contributed by atoms with Gasteiger partial charge in [0.15, 0.2) is 0 Å². The molecule has 0 saturated heterocycles. The molecule has 0 aromatic heterocycles. The number of nitrogens with one attached hydrogen (secondary N) is 2. The maximum Gasteiger partial charge on any atom is 0.261 e. The van der Waals surface area contributed by atoms with Crippen LogP contribution >= 0.6 is 11.6 Å². The van der Waals surface area contributed by atoms with Crippen LogP contribution in [0.3, 0.4) is 0 Å². The van der Waals surface area contributed by atoms with Crippen LogP contribution in [0.15, 0.2) is 77.7 Å². The summed E-state index contributed by atoms with van der Waals surface area (Å²) in [5.74, 6) is -0.310. The van der Waals surface area contributed by atoms with Gasteiger partial charge in [-0.1, -0.05) is 35.9 Å². The molecule has 0 atom stereocenters. The monoisotopic (exact) mass is 535 g/mol. The molecule has 0 aliphatic rings. The third kappa shape index (κ3) is 7.20. The van der Waals surface area contributed by atoms with Crippen LogP contribution in [0.2, 0.25) is 5.02 Å². The van der Waals surface area contributed by atoms with Crippen molar-refractivity contribution in [1.29, 1.82) is 0 Å². The summed E-state index contributed by atoms with van der Waals surface area (Å²) in [7, 11) is -7.34. The summed E-state index contributed by atoms with van der Waals surface area (Å²) in [6.07, 6.45) is 1.52. The molecule has 1 amide bonds. The fraction of sp³-hybridized carbons (Fsp3) is 0.208. The summed E-state index contributed by atoms with van der Waals surface area (Å²) in [6.45, 7) is 1.87. The average molecular weight is 536 g/mol. The van der Waals surface area contributed by atoms with Gasteiger partial charge in [0.2, 0.25) is 15.9 Å². The highest BCUT2D eigenvalue weighted by Crippen LogP contribution is 2.26. The Balaban J connectivity index is 1.58. The van der Waals surface area contributed by atoms with Crippen LogP contribution in [0.25, 0.3) is 0 Å². The van der Waals surface area contributed by atoms with Gasteiger partial charge in [0.1, 0.15) is 0 Å². The van der Waals surface area contributed by atoms with Crippen molar-refractivity contribution < 1.29 is 21.6 Å². The zero-order valence-electron chi connectivity index (χ0n) is 19.2. The lowest BCUT2D eigenvalue weighted by molar-refractivity contribution is -0.116. The maximum atomic E-state index is 12.7. The van der Waals surface area contributed by atoms with Crippen LogP contribution in [-0.4, -0.2) is 35.5 Å². The molecule has 3 aromatic rings. The number of anilines is 3.